The number of benzene rings is 1. The maximum Gasteiger partial charge on any atom is 0.247 e. The highest BCUT2D eigenvalue weighted by molar-refractivity contribution is 5.78. The molecule has 0 saturated carbocycles. The van der Waals surface area contributed by atoms with Crippen LogP contribution < -0.4 is 16.0 Å². The summed E-state index contributed by atoms with van der Waals surface area (Å²) in [5.74, 6) is -0.708. The van der Waals surface area contributed by atoms with Gasteiger partial charge in [0.2, 0.25) is 5.91 Å². The van der Waals surface area contributed by atoms with Crippen LogP contribution in [0, 0.1) is 0 Å². The molecule has 0 aromatic heterocycles. The van der Waals surface area contributed by atoms with E-state index in [4.69, 9.17) is 5.73 Å². The monoisotopic (exact) mass is 237 g/mol. The zero-order valence-corrected chi connectivity index (χ0v) is 10.2. The van der Waals surface area contributed by atoms with E-state index in [9.17, 15) is 9.90 Å². The number of anilines is 1. The minimum absolute atomic E-state index is 0.171. The van der Waals surface area contributed by atoms with Crippen LogP contribution in [-0.4, -0.2) is 37.8 Å². The van der Waals surface area contributed by atoms with Crippen LogP contribution in [0.15, 0.2) is 24.3 Å². The van der Waals surface area contributed by atoms with E-state index in [1.807, 2.05) is 43.3 Å². The third-order valence-electron chi connectivity index (χ3n) is 2.45. The SMILES string of the molecule is CN(C)c1ccc(CNCC(O)C(N)=O)cc1. The van der Waals surface area contributed by atoms with Crippen molar-refractivity contribution < 1.29 is 9.90 Å². The van der Waals surface area contributed by atoms with Crippen LogP contribution in [0.3, 0.4) is 0 Å². The van der Waals surface area contributed by atoms with E-state index in [0.717, 1.165) is 11.3 Å². The van der Waals surface area contributed by atoms with Crippen molar-refractivity contribution in [3.05, 3.63) is 29.8 Å². The number of nitrogens with one attached hydrogen (secondary N) is 1. The second kappa shape index (κ2) is 6.22. The minimum atomic E-state index is -1.13. The molecular formula is C12H19N3O2. The van der Waals surface area contributed by atoms with Crippen LogP contribution >= 0.6 is 0 Å². The predicted molar refractivity (Wildman–Crippen MR) is 67.7 cm³/mol. The van der Waals surface area contributed by atoms with Crippen LogP contribution in [0.4, 0.5) is 5.69 Å². The van der Waals surface area contributed by atoms with Gasteiger partial charge in [-0.05, 0) is 17.7 Å². The summed E-state index contributed by atoms with van der Waals surface area (Å²) in [4.78, 5) is 12.6. The molecule has 94 valence electrons. The molecule has 0 spiro atoms. The Kier molecular flexibility index (Phi) is 4.93. The van der Waals surface area contributed by atoms with Gasteiger partial charge in [0.15, 0.2) is 0 Å². The minimum Gasteiger partial charge on any atom is -0.382 e. The standard InChI is InChI=1S/C12H19N3O2/c1-15(2)10-5-3-9(4-6-10)7-14-8-11(16)12(13)17/h3-6,11,14,16H,7-8H2,1-2H3,(H2,13,17). The number of amides is 1. The number of hydrogen-bond acceptors (Lipinski definition) is 4. The zero-order chi connectivity index (χ0) is 12.8. The topological polar surface area (TPSA) is 78.6 Å². The Morgan fingerprint density at radius 1 is 1.41 bits per heavy atom. The lowest BCUT2D eigenvalue weighted by atomic mass is 10.2. The largest absolute Gasteiger partial charge is 0.382 e. The summed E-state index contributed by atoms with van der Waals surface area (Å²) in [5.41, 5.74) is 7.15. The molecule has 1 rings (SSSR count). The van der Waals surface area contributed by atoms with E-state index in [0.29, 0.717) is 6.54 Å². The maximum absolute atomic E-state index is 10.6. The van der Waals surface area contributed by atoms with Crippen LogP contribution in [0.2, 0.25) is 0 Å². The lowest BCUT2D eigenvalue weighted by Crippen LogP contribution is -2.37. The van der Waals surface area contributed by atoms with E-state index < -0.39 is 12.0 Å². The van der Waals surface area contributed by atoms with E-state index in [1.165, 1.54) is 0 Å². The fourth-order valence-electron chi connectivity index (χ4n) is 1.37. The summed E-state index contributed by atoms with van der Waals surface area (Å²) in [6.45, 7) is 0.767. The fraction of sp³-hybridized carbons (Fsp3) is 0.417. The van der Waals surface area contributed by atoms with Gasteiger partial charge in [0.05, 0.1) is 0 Å². The molecule has 1 aromatic rings. The van der Waals surface area contributed by atoms with Crippen molar-refractivity contribution >= 4 is 11.6 Å². The van der Waals surface area contributed by atoms with Gasteiger partial charge in [0, 0.05) is 32.9 Å². The Labute approximate surface area is 101 Å². The quantitative estimate of drug-likeness (QED) is 0.634. The number of carbonyl (C=O) groups is 1. The van der Waals surface area contributed by atoms with Gasteiger partial charge in [-0.3, -0.25) is 4.79 Å². The van der Waals surface area contributed by atoms with Crippen LogP contribution in [0.5, 0.6) is 0 Å². The summed E-state index contributed by atoms with van der Waals surface area (Å²) in [6.07, 6.45) is -1.13. The van der Waals surface area contributed by atoms with Gasteiger partial charge < -0.3 is 21.1 Å². The molecule has 0 aliphatic carbocycles. The Hall–Kier alpha value is -1.59. The Morgan fingerprint density at radius 2 is 2.00 bits per heavy atom. The molecule has 1 aromatic carbocycles. The maximum atomic E-state index is 10.6. The van der Waals surface area contributed by atoms with Crippen molar-refractivity contribution in [2.45, 2.75) is 12.6 Å². The van der Waals surface area contributed by atoms with E-state index in [2.05, 4.69) is 5.32 Å². The van der Waals surface area contributed by atoms with Gasteiger partial charge in [0.25, 0.3) is 0 Å². The summed E-state index contributed by atoms with van der Waals surface area (Å²) in [7, 11) is 3.97. The molecule has 0 aliphatic rings. The molecular weight excluding hydrogens is 218 g/mol. The first-order chi connectivity index (χ1) is 8.00. The zero-order valence-electron chi connectivity index (χ0n) is 10.2. The summed E-state index contributed by atoms with van der Waals surface area (Å²) >= 11 is 0. The molecule has 0 heterocycles. The fourth-order valence-corrected chi connectivity index (χ4v) is 1.37. The second-order valence-electron chi connectivity index (χ2n) is 4.11. The second-order valence-corrected chi connectivity index (χ2v) is 4.11. The number of primary amides is 1. The highest BCUT2D eigenvalue weighted by Gasteiger charge is 2.09. The lowest BCUT2D eigenvalue weighted by molar-refractivity contribution is -0.125. The number of carbonyl (C=O) groups excluding carboxylic acids is 1. The predicted octanol–water partition coefficient (Wildman–Crippen LogP) is -0.312. The van der Waals surface area contributed by atoms with Crippen molar-refractivity contribution in [1.82, 2.24) is 5.32 Å². The molecule has 0 bridgehead atoms. The molecule has 1 unspecified atom stereocenters. The highest BCUT2D eigenvalue weighted by atomic mass is 16.3. The van der Waals surface area contributed by atoms with Gasteiger partial charge in [-0.1, -0.05) is 12.1 Å². The Morgan fingerprint density at radius 3 is 2.47 bits per heavy atom. The van der Waals surface area contributed by atoms with Crippen molar-refractivity contribution in [2.75, 3.05) is 25.5 Å². The smallest absolute Gasteiger partial charge is 0.247 e. The summed E-state index contributed by atoms with van der Waals surface area (Å²) < 4.78 is 0. The van der Waals surface area contributed by atoms with Crippen LogP contribution in [-0.2, 0) is 11.3 Å². The Bertz CT molecular complexity index is 363. The van der Waals surface area contributed by atoms with Crippen LogP contribution in [0.25, 0.3) is 0 Å². The van der Waals surface area contributed by atoms with Gasteiger partial charge in [-0.15, -0.1) is 0 Å². The van der Waals surface area contributed by atoms with Crippen molar-refractivity contribution in [3.63, 3.8) is 0 Å². The molecule has 5 heteroatoms. The van der Waals surface area contributed by atoms with Crippen LogP contribution in [0.1, 0.15) is 5.56 Å². The molecule has 0 radical (unpaired) electrons. The molecule has 0 fully saturated rings. The Balaban J connectivity index is 2.40. The number of hydrogen-bond donors (Lipinski definition) is 3. The lowest BCUT2D eigenvalue weighted by Gasteiger charge is -2.13. The molecule has 17 heavy (non-hydrogen) atoms. The molecule has 5 nitrogen and oxygen atoms in total. The average Bonchev–Trinajstić information content (AvgIpc) is 2.29. The molecule has 1 amide bonds. The molecule has 1 atom stereocenters. The third-order valence-corrected chi connectivity index (χ3v) is 2.45. The van der Waals surface area contributed by atoms with Gasteiger partial charge in [-0.2, -0.15) is 0 Å². The first-order valence-electron chi connectivity index (χ1n) is 5.45. The van der Waals surface area contributed by atoms with Gasteiger partial charge >= 0.3 is 0 Å². The number of nitrogens with zero attached hydrogens (tertiary/aromatic N) is 1. The van der Waals surface area contributed by atoms with Gasteiger partial charge in [0.1, 0.15) is 6.10 Å². The first-order valence-corrected chi connectivity index (χ1v) is 5.45. The first kappa shape index (κ1) is 13.5. The normalized spacial score (nSPS) is 12.2. The van der Waals surface area contributed by atoms with Crippen molar-refractivity contribution in [3.8, 4) is 0 Å². The van der Waals surface area contributed by atoms with Crippen molar-refractivity contribution in [2.24, 2.45) is 5.73 Å². The summed E-state index contributed by atoms with van der Waals surface area (Å²) in [5, 5.41) is 12.1. The highest BCUT2D eigenvalue weighted by Crippen LogP contribution is 2.11. The third kappa shape index (κ3) is 4.42. The average molecular weight is 237 g/mol. The molecule has 0 aliphatic heterocycles. The summed E-state index contributed by atoms with van der Waals surface area (Å²) in [6, 6.07) is 8.03. The van der Waals surface area contributed by atoms with Crippen molar-refractivity contribution in [1.29, 1.82) is 0 Å². The van der Waals surface area contributed by atoms with E-state index >= 15 is 0 Å². The number of aliphatic hydroxyl groups excluding tert-OH is 1. The number of rotatable bonds is 6. The molecule has 4 N–H and O–H groups in total. The number of aliphatic hydroxyl groups is 1. The van der Waals surface area contributed by atoms with E-state index in [-0.39, 0.29) is 6.54 Å². The number of nitrogens with two attached hydrogens (primary N) is 1. The van der Waals surface area contributed by atoms with Gasteiger partial charge in [-0.25, -0.2) is 0 Å². The molecule has 0 saturated heterocycles. The van der Waals surface area contributed by atoms with E-state index in [1.54, 1.807) is 0 Å².